The van der Waals surface area contributed by atoms with Crippen LogP contribution in [0.25, 0.3) is 21.9 Å². The van der Waals surface area contributed by atoms with E-state index in [4.69, 9.17) is 47.1 Å². The maximum atomic E-state index is 6.99. The highest BCUT2D eigenvalue weighted by atomic mass is 35.5. The lowest BCUT2D eigenvalue weighted by molar-refractivity contribution is -0.147. The summed E-state index contributed by atoms with van der Waals surface area (Å²) in [6.07, 6.45) is 5.36. The summed E-state index contributed by atoms with van der Waals surface area (Å²) in [4.78, 5) is 17.2. The highest BCUT2D eigenvalue weighted by Gasteiger charge is 2.50. The first-order valence-electron chi connectivity index (χ1n) is 17.0. The first-order chi connectivity index (χ1) is 25.2. The first kappa shape index (κ1) is 34.7. The standard InChI is InChI=1S/C40H37Cl2N5O4S/c1-40(2)50-35-27(18-34(36(35)51-40)47-16-15-31-37(42)43-23-44-38(31)47)22-52-30-14-9-26-17-32(41)39(45-33(26)19-30)46(20-24-5-10-28(48-3)11-6-24)21-25-7-12-29(49-4)13-8-25/h5-19,23,34-36H,20-22H2,1-4H3/t34-,35-,36+/m1/s1. The highest BCUT2D eigenvalue weighted by molar-refractivity contribution is 7.99. The van der Waals surface area contributed by atoms with Crippen LogP contribution < -0.4 is 14.4 Å². The van der Waals surface area contributed by atoms with Crippen molar-refractivity contribution in [3.63, 3.8) is 0 Å². The molecule has 6 aromatic rings. The quantitative estimate of drug-likeness (QED) is 0.0730. The molecule has 1 saturated heterocycles. The molecule has 1 fully saturated rings. The van der Waals surface area contributed by atoms with E-state index in [1.807, 2.05) is 56.4 Å². The van der Waals surface area contributed by atoms with Gasteiger partial charge in [-0.25, -0.2) is 15.0 Å². The Bertz CT molecular complexity index is 2230. The third kappa shape index (κ3) is 6.93. The Morgan fingerprint density at radius 2 is 1.56 bits per heavy atom. The van der Waals surface area contributed by atoms with Gasteiger partial charge in [0, 0.05) is 35.3 Å². The van der Waals surface area contributed by atoms with Crippen LogP contribution in [0.3, 0.4) is 0 Å². The Morgan fingerprint density at radius 1 is 0.865 bits per heavy atom. The lowest BCUT2D eigenvalue weighted by Crippen LogP contribution is -2.28. The normalized spacial score (nSPS) is 19.2. The molecule has 266 valence electrons. The zero-order valence-corrected chi connectivity index (χ0v) is 31.5. The summed E-state index contributed by atoms with van der Waals surface area (Å²) in [5.41, 5.74) is 5.03. The van der Waals surface area contributed by atoms with Gasteiger partial charge in [0.15, 0.2) is 5.79 Å². The van der Waals surface area contributed by atoms with Crippen LogP contribution in [0.15, 0.2) is 108 Å². The molecule has 0 bridgehead atoms. The average molecular weight is 755 g/mol. The van der Waals surface area contributed by atoms with Crippen molar-refractivity contribution < 1.29 is 18.9 Å². The molecule has 52 heavy (non-hydrogen) atoms. The van der Waals surface area contributed by atoms with Crippen molar-refractivity contribution in [1.29, 1.82) is 0 Å². The van der Waals surface area contributed by atoms with Crippen molar-refractivity contribution in [2.45, 2.75) is 55.9 Å². The Hall–Kier alpha value is -4.32. The number of halogens is 2. The predicted octanol–water partition coefficient (Wildman–Crippen LogP) is 9.30. The van der Waals surface area contributed by atoms with Gasteiger partial charge in [-0.3, -0.25) is 0 Å². The topological polar surface area (TPSA) is 83.8 Å². The van der Waals surface area contributed by atoms with Gasteiger partial charge in [0.25, 0.3) is 0 Å². The van der Waals surface area contributed by atoms with Gasteiger partial charge in [-0.15, -0.1) is 11.8 Å². The molecule has 0 unspecified atom stereocenters. The number of thioether (sulfide) groups is 1. The van der Waals surface area contributed by atoms with Crippen molar-refractivity contribution in [2.24, 2.45) is 0 Å². The minimum atomic E-state index is -0.709. The smallest absolute Gasteiger partial charge is 0.164 e. The maximum Gasteiger partial charge on any atom is 0.164 e. The van der Waals surface area contributed by atoms with Crippen LogP contribution in [0.2, 0.25) is 10.2 Å². The second-order valence-electron chi connectivity index (χ2n) is 13.4. The van der Waals surface area contributed by atoms with Gasteiger partial charge in [0.2, 0.25) is 0 Å². The third-order valence-electron chi connectivity index (χ3n) is 9.49. The molecule has 4 heterocycles. The van der Waals surface area contributed by atoms with Gasteiger partial charge in [-0.05, 0) is 79.1 Å². The van der Waals surface area contributed by atoms with Crippen LogP contribution >= 0.6 is 35.0 Å². The predicted molar refractivity (Wildman–Crippen MR) is 207 cm³/mol. The number of benzene rings is 3. The molecule has 0 radical (unpaired) electrons. The van der Waals surface area contributed by atoms with Crippen LogP contribution in [0.1, 0.15) is 31.0 Å². The molecule has 9 nitrogen and oxygen atoms in total. The molecule has 3 aromatic heterocycles. The number of aromatic nitrogens is 4. The van der Waals surface area contributed by atoms with Gasteiger partial charge in [-0.1, -0.05) is 59.6 Å². The van der Waals surface area contributed by atoms with Crippen molar-refractivity contribution in [3.05, 3.63) is 124 Å². The number of rotatable bonds is 11. The fourth-order valence-corrected chi connectivity index (χ4v) is 8.41. The van der Waals surface area contributed by atoms with Crippen molar-refractivity contribution in [3.8, 4) is 11.5 Å². The Morgan fingerprint density at radius 3 is 2.23 bits per heavy atom. The molecule has 0 amide bonds. The molecular formula is C40H37Cl2N5O4S. The van der Waals surface area contributed by atoms with Gasteiger partial charge in [0.1, 0.15) is 46.7 Å². The molecule has 1 aliphatic carbocycles. The van der Waals surface area contributed by atoms with Crippen molar-refractivity contribution in [1.82, 2.24) is 19.5 Å². The molecule has 0 N–H and O–H groups in total. The number of methoxy groups -OCH3 is 2. The molecule has 12 heteroatoms. The maximum absolute atomic E-state index is 6.99. The van der Waals surface area contributed by atoms with E-state index < -0.39 is 5.79 Å². The number of hydrogen-bond donors (Lipinski definition) is 0. The van der Waals surface area contributed by atoms with Crippen LogP contribution in [0.5, 0.6) is 11.5 Å². The van der Waals surface area contributed by atoms with Crippen molar-refractivity contribution in [2.75, 3.05) is 24.9 Å². The molecule has 8 rings (SSSR count). The zero-order chi connectivity index (χ0) is 36.0. The third-order valence-corrected chi connectivity index (χ3v) is 11.1. The van der Waals surface area contributed by atoms with Gasteiger partial charge >= 0.3 is 0 Å². The minimum Gasteiger partial charge on any atom is -0.497 e. The molecule has 0 spiro atoms. The average Bonchev–Trinajstić information content (AvgIpc) is 3.82. The molecule has 1 aliphatic heterocycles. The first-order valence-corrected chi connectivity index (χ1v) is 18.7. The summed E-state index contributed by atoms with van der Waals surface area (Å²) in [5, 5.41) is 2.81. The molecule has 0 saturated carbocycles. The van der Waals surface area contributed by atoms with Crippen molar-refractivity contribution >= 4 is 62.7 Å². The van der Waals surface area contributed by atoms with Crippen LogP contribution in [-0.4, -0.2) is 57.5 Å². The van der Waals surface area contributed by atoms with E-state index in [1.165, 1.54) is 11.9 Å². The Kier molecular flexibility index (Phi) is 9.52. The lowest BCUT2D eigenvalue weighted by atomic mass is 10.1. The Labute approximate surface area is 316 Å². The highest BCUT2D eigenvalue weighted by Crippen LogP contribution is 2.46. The van der Waals surface area contributed by atoms with E-state index in [0.29, 0.717) is 29.1 Å². The molecule has 3 atom stereocenters. The van der Waals surface area contributed by atoms with Gasteiger partial charge in [0.05, 0.1) is 36.2 Å². The largest absolute Gasteiger partial charge is 0.497 e. The fraction of sp³-hybridized carbons (Fsp3) is 0.275. The summed E-state index contributed by atoms with van der Waals surface area (Å²) >= 11 is 15.1. The van der Waals surface area contributed by atoms with E-state index in [1.54, 1.807) is 26.0 Å². The second kappa shape index (κ2) is 14.2. The lowest BCUT2D eigenvalue weighted by Gasteiger charge is -2.26. The fourth-order valence-electron chi connectivity index (χ4n) is 6.98. The second-order valence-corrected chi connectivity index (χ2v) is 15.2. The molecule has 2 aliphatic rings. The number of anilines is 1. The van der Waals surface area contributed by atoms with Crippen LogP contribution in [0.4, 0.5) is 5.82 Å². The minimum absolute atomic E-state index is 0.101. The summed E-state index contributed by atoms with van der Waals surface area (Å²) < 4.78 is 25.8. The SMILES string of the molecule is COc1ccc(CN(Cc2ccc(OC)cc2)c2nc3cc(SCC4=C[C@@H](n5ccc6c(Cl)ncnc65)[C@@H]5OC(C)(C)O[C@H]45)ccc3cc2Cl)cc1. The zero-order valence-electron chi connectivity index (χ0n) is 29.1. The molecular weight excluding hydrogens is 717 g/mol. The number of hydrogen-bond acceptors (Lipinski definition) is 9. The summed E-state index contributed by atoms with van der Waals surface area (Å²) in [6.45, 7) is 5.14. The number of pyridine rings is 1. The number of ether oxygens (including phenoxy) is 4. The van der Waals surface area contributed by atoms with E-state index in [0.717, 1.165) is 55.2 Å². The molecule has 3 aromatic carbocycles. The number of fused-ring (bicyclic) bond motifs is 3. The van der Waals surface area contributed by atoms with E-state index in [-0.39, 0.29) is 18.2 Å². The van der Waals surface area contributed by atoms with Gasteiger partial charge < -0.3 is 28.4 Å². The van der Waals surface area contributed by atoms with E-state index in [2.05, 4.69) is 68.0 Å². The van der Waals surface area contributed by atoms with Crippen LogP contribution in [0, 0.1) is 0 Å². The Balaban J connectivity index is 1.07. The monoisotopic (exact) mass is 753 g/mol. The summed E-state index contributed by atoms with van der Waals surface area (Å²) in [5.74, 6) is 2.35. The van der Waals surface area contributed by atoms with Crippen LogP contribution in [-0.2, 0) is 22.6 Å². The van der Waals surface area contributed by atoms with Gasteiger partial charge in [-0.2, -0.15) is 0 Å². The summed E-state index contributed by atoms with van der Waals surface area (Å²) in [6, 6.07) is 26.3. The summed E-state index contributed by atoms with van der Waals surface area (Å²) in [7, 11) is 3.34. The number of nitrogens with zero attached hydrogens (tertiary/aromatic N) is 5. The van der Waals surface area contributed by atoms with E-state index >= 15 is 0 Å². The van der Waals surface area contributed by atoms with E-state index in [9.17, 15) is 0 Å².